The molecule has 1 saturated heterocycles. The summed E-state index contributed by atoms with van der Waals surface area (Å²) < 4.78 is 6.46. The Morgan fingerprint density at radius 2 is 2.41 bits per heavy atom. The topological polar surface area (TPSA) is 21.3 Å². The fourth-order valence-corrected chi connectivity index (χ4v) is 3.73. The number of thioether (sulfide) groups is 1. The van der Waals surface area contributed by atoms with Gasteiger partial charge in [0.2, 0.25) is 0 Å². The Morgan fingerprint density at radius 1 is 1.53 bits per heavy atom. The molecular weight excluding hydrogens is 298 g/mol. The molecule has 0 spiro atoms. The highest BCUT2D eigenvalue weighted by atomic mass is 79.9. The van der Waals surface area contributed by atoms with E-state index in [0.717, 1.165) is 29.2 Å². The van der Waals surface area contributed by atoms with Crippen LogP contribution < -0.4 is 10.1 Å². The highest BCUT2D eigenvalue weighted by Crippen LogP contribution is 2.24. The summed E-state index contributed by atoms with van der Waals surface area (Å²) in [4.78, 5) is 0. The quantitative estimate of drug-likeness (QED) is 0.900. The van der Waals surface area contributed by atoms with E-state index in [-0.39, 0.29) is 0 Å². The smallest absolute Gasteiger partial charge is 0.123 e. The van der Waals surface area contributed by atoms with Crippen molar-refractivity contribution >= 4 is 27.7 Å². The molecule has 2 rings (SSSR count). The zero-order chi connectivity index (χ0) is 12.1. The number of hydrogen-bond donors (Lipinski definition) is 1. The van der Waals surface area contributed by atoms with Crippen molar-refractivity contribution in [3.63, 3.8) is 0 Å². The van der Waals surface area contributed by atoms with Crippen molar-refractivity contribution in [1.82, 2.24) is 5.32 Å². The van der Waals surface area contributed by atoms with E-state index in [1.807, 2.05) is 12.1 Å². The van der Waals surface area contributed by atoms with Gasteiger partial charge in [0.25, 0.3) is 0 Å². The highest BCUT2D eigenvalue weighted by Gasteiger charge is 2.14. The Balaban J connectivity index is 1.86. The lowest BCUT2D eigenvalue weighted by Gasteiger charge is -2.12. The van der Waals surface area contributed by atoms with Crippen LogP contribution >= 0.6 is 27.7 Å². The Kier molecular flexibility index (Phi) is 5.19. The molecule has 1 fully saturated rings. The van der Waals surface area contributed by atoms with E-state index in [4.69, 9.17) is 4.74 Å². The summed E-state index contributed by atoms with van der Waals surface area (Å²) in [6.45, 7) is 1.99. The van der Waals surface area contributed by atoms with Gasteiger partial charge in [-0.1, -0.05) is 15.9 Å². The molecule has 1 aliphatic rings. The standard InChI is InChI=1S/C13H18BrNOS/c1-16-13-3-2-12(14)6-11(13)8-15-7-10-4-5-17-9-10/h2-3,6,10,15H,4-5,7-9H2,1H3. The highest BCUT2D eigenvalue weighted by molar-refractivity contribution is 9.10. The first-order chi connectivity index (χ1) is 8.29. The van der Waals surface area contributed by atoms with Gasteiger partial charge < -0.3 is 10.1 Å². The summed E-state index contributed by atoms with van der Waals surface area (Å²) in [5.74, 6) is 4.44. The zero-order valence-electron chi connectivity index (χ0n) is 10.0. The second-order valence-electron chi connectivity index (χ2n) is 4.32. The average molecular weight is 316 g/mol. The molecule has 1 aromatic rings. The molecule has 0 aliphatic carbocycles. The van der Waals surface area contributed by atoms with Gasteiger partial charge >= 0.3 is 0 Å². The van der Waals surface area contributed by atoms with Gasteiger partial charge in [-0.3, -0.25) is 0 Å². The normalized spacial score (nSPS) is 19.5. The number of halogens is 1. The molecule has 0 saturated carbocycles. The molecule has 1 heterocycles. The third-order valence-electron chi connectivity index (χ3n) is 3.01. The van der Waals surface area contributed by atoms with Crippen LogP contribution in [0.2, 0.25) is 0 Å². The van der Waals surface area contributed by atoms with Crippen LogP contribution in [0.1, 0.15) is 12.0 Å². The molecule has 1 unspecified atom stereocenters. The maximum atomic E-state index is 5.36. The first-order valence-corrected chi connectivity index (χ1v) is 7.85. The maximum Gasteiger partial charge on any atom is 0.123 e. The van der Waals surface area contributed by atoms with E-state index in [0.29, 0.717) is 0 Å². The third kappa shape index (κ3) is 3.90. The number of nitrogens with one attached hydrogen (secondary N) is 1. The largest absolute Gasteiger partial charge is 0.496 e. The summed E-state index contributed by atoms with van der Waals surface area (Å²) in [7, 11) is 1.72. The van der Waals surface area contributed by atoms with E-state index in [1.165, 1.54) is 23.5 Å². The van der Waals surface area contributed by atoms with E-state index in [9.17, 15) is 0 Å². The SMILES string of the molecule is COc1ccc(Br)cc1CNCC1CCSC1. The van der Waals surface area contributed by atoms with Crippen molar-refractivity contribution in [1.29, 1.82) is 0 Å². The first kappa shape index (κ1) is 13.2. The zero-order valence-corrected chi connectivity index (χ0v) is 12.4. The first-order valence-electron chi connectivity index (χ1n) is 5.90. The molecule has 1 atom stereocenters. The molecular formula is C13H18BrNOS. The molecule has 0 radical (unpaired) electrons. The maximum absolute atomic E-state index is 5.36. The molecule has 0 bridgehead atoms. The number of rotatable bonds is 5. The minimum atomic E-state index is 0.846. The predicted octanol–water partition coefficient (Wildman–Crippen LogP) is 3.30. The van der Waals surface area contributed by atoms with Crippen LogP contribution in [0.15, 0.2) is 22.7 Å². The van der Waals surface area contributed by atoms with E-state index >= 15 is 0 Å². The number of methoxy groups -OCH3 is 1. The second kappa shape index (κ2) is 6.66. The number of hydrogen-bond acceptors (Lipinski definition) is 3. The lowest BCUT2D eigenvalue weighted by Crippen LogP contribution is -2.22. The average Bonchev–Trinajstić information content (AvgIpc) is 2.82. The molecule has 0 amide bonds. The summed E-state index contributed by atoms with van der Waals surface area (Å²) in [5, 5.41) is 3.53. The van der Waals surface area contributed by atoms with Crippen LogP contribution in [0.3, 0.4) is 0 Å². The van der Waals surface area contributed by atoms with Crippen LogP contribution in [-0.2, 0) is 6.54 Å². The van der Waals surface area contributed by atoms with Gasteiger partial charge in [0.1, 0.15) is 5.75 Å². The van der Waals surface area contributed by atoms with Gasteiger partial charge in [-0.05, 0) is 48.6 Å². The molecule has 17 heavy (non-hydrogen) atoms. The summed E-state index contributed by atoms with van der Waals surface area (Å²) in [6.07, 6.45) is 1.35. The van der Waals surface area contributed by atoms with Crippen molar-refractivity contribution < 1.29 is 4.74 Å². The van der Waals surface area contributed by atoms with E-state index < -0.39 is 0 Å². The van der Waals surface area contributed by atoms with Crippen LogP contribution in [0.4, 0.5) is 0 Å². The summed E-state index contributed by atoms with van der Waals surface area (Å²) >= 11 is 5.56. The lowest BCUT2D eigenvalue weighted by molar-refractivity contribution is 0.406. The van der Waals surface area contributed by atoms with Crippen molar-refractivity contribution in [3.8, 4) is 5.75 Å². The molecule has 0 aromatic heterocycles. The fourth-order valence-electron chi connectivity index (χ4n) is 2.04. The third-order valence-corrected chi connectivity index (χ3v) is 4.74. The Hall–Kier alpha value is -0.190. The lowest BCUT2D eigenvalue weighted by atomic mass is 10.1. The molecule has 2 nitrogen and oxygen atoms in total. The van der Waals surface area contributed by atoms with Crippen LogP contribution in [0, 0.1) is 5.92 Å². The predicted molar refractivity (Wildman–Crippen MR) is 77.8 cm³/mol. The van der Waals surface area contributed by atoms with Gasteiger partial charge in [-0.25, -0.2) is 0 Å². The van der Waals surface area contributed by atoms with Crippen LogP contribution in [0.25, 0.3) is 0 Å². The molecule has 1 aliphatic heterocycles. The van der Waals surface area contributed by atoms with E-state index in [2.05, 4.69) is 39.1 Å². The minimum absolute atomic E-state index is 0.846. The molecule has 94 valence electrons. The van der Waals surface area contributed by atoms with Gasteiger partial charge in [0, 0.05) is 16.6 Å². The fraction of sp³-hybridized carbons (Fsp3) is 0.538. The van der Waals surface area contributed by atoms with Gasteiger partial charge in [0.05, 0.1) is 7.11 Å². The molecule has 1 aromatic carbocycles. The van der Waals surface area contributed by atoms with Crippen LogP contribution in [0.5, 0.6) is 5.75 Å². The second-order valence-corrected chi connectivity index (χ2v) is 6.38. The Bertz CT molecular complexity index is 366. The van der Waals surface area contributed by atoms with Crippen molar-refractivity contribution in [2.75, 3.05) is 25.2 Å². The number of ether oxygens (including phenoxy) is 1. The Labute approximate surface area is 116 Å². The monoisotopic (exact) mass is 315 g/mol. The summed E-state index contributed by atoms with van der Waals surface area (Å²) in [5.41, 5.74) is 1.22. The molecule has 1 N–H and O–H groups in total. The molecule has 4 heteroatoms. The minimum Gasteiger partial charge on any atom is -0.496 e. The van der Waals surface area contributed by atoms with Crippen molar-refractivity contribution in [3.05, 3.63) is 28.2 Å². The number of benzene rings is 1. The van der Waals surface area contributed by atoms with Gasteiger partial charge in [-0.2, -0.15) is 11.8 Å². The van der Waals surface area contributed by atoms with Gasteiger partial charge in [-0.15, -0.1) is 0 Å². The van der Waals surface area contributed by atoms with Gasteiger partial charge in [0.15, 0.2) is 0 Å². The Morgan fingerprint density at radius 3 is 3.12 bits per heavy atom. The summed E-state index contributed by atoms with van der Waals surface area (Å²) in [6, 6.07) is 6.14. The van der Waals surface area contributed by atoms with E-state index in [1.54, 1.807) is 7.11 Å². The van der Waals surface area contributed by atoms with Crippen molar-refractivity contribution in [2.45, 2.75) is 13.0 Å². The van der Waals surface area contributed by atoms with Crippen molar-refractivity contribution in [2.24, 2.45) is 5.92 Å². The van der Waals surface area contributed by atoms with Crippen LogP contribution in [-0.4, -0.2) is 25.2 Å².